The number of hydrogen-bond donors (Lipinski definition) is 2. The van der Waals surface area contributed by atoms with Crippen molar-refractivity contribution in [3.8, 4) is 5.75 Å². The highest BCUT2D eigenvalue weighted by atomic mass is 32.2. The number of carbonyl (C=O) groups excluding carboxylic acids is 1. The van der Waals surface area contributed by atoms with Gasteiger partial charge < -0.3 is 10.1 Å². The van der Waals surface area contributed by atoms with E-state index in [1.54, 1.807) is 0 Å². The molecule has 0 aromatic heterocycles. The standard InChI is InChI=1S/C21H27FN2O4S/c22-19-10-20(28-11-12-7-14-3-4-15(8-12)23-14)17(13-1-2-13)9-18(19)21(25)24-29(26,27)16-5-6-16/h9-10,12-16,23H,1-8,11H2,(H,24,25). The van der Waals surface area contributed by atoms with Crippen molar-refractivity contribution >= 4 is 15.9 Å². The fraction of sp³-hybridized carbons (Fsp3) is 0.667. The van der Waals surface area contributed by atoms with Crippen molar-refractivity contribution in [2.75, 3.05) is 6.61 Å². The molecule has 6 nitrogen and oxygen atoms in total. The van der Waals surface area contributed by atoms with Crippen molar-refractivity contribution in [2.45, 2.75) is 74.6 Å². The number of piperidine rings is 1. The number of hydrogen-bond acceptors (Lipinski definition) is 5. The van der Waals surface area contributed by atoms with Crippen molar-refractivity contribution in [3.63, 3.8) is 0 Å². The monoisotopic (exact) mass is 422 g/mol. The van der Waals surface area contributed by atoms with Gasteiger partial charge in [-0.3, -0.25) is 4.79 Å². The zero-order chi connectivity index (χ0) is 20.2. The largest absolute Gasteiger partial charge is 0.493 e. The summed E-state index contributed by atoms with van der Waals surface area (Å²) in [5.74, 6) is -0.426. The van der Waals surface area contributed by atoms with Crippen molar-refractivity contribution in [2.24, 2.45) is 5.92 Å². The average molecular weight is 423 g/mol. The molecule has 1 aromatic rings. The summed E-state index contributed by atoms with van der Waals surface area (Å²) in [5, 5.41) is 3.08. The first kappa shape index (κ1) is 19.3. The summed E-state index contributed by atoms with van der Waals surface area (Å²) in [7, 11) is -3.71. The van der Waals surface area contributed by atoms with Gasteiger partial charge in [0.2, 0.25) is 10.0 Å². The number of halogens is 1. The molecule has 0 radical (unpaired) electrons. The van der Waals surface area contributed by atoms with E-state index in [4.69, 9.17) is 4.74 Å². The van der Waals surface area contributed by atoms with E-state index >= 15 is 0 Å². The first-order chi connectivity index (χ1) is 13.9. The lowest BCUT2D eigenvalue weighted by atomic mass is 9.93. The minimum absolute atomic E-state index is 0.219. The number of benzene rings is 1. The average Bonchev–Trinajstić information content (AvgIpc) is 3.57. The van der Waals surface area contributed by atoms with E-state index in [-0.39, 0.29) is 11.5 Å². The normalized spacial score (nSPS) is 28.9. The van der Waals surface area contributed by atoms with Crippen LogP contribution in [0.2, 0.25) is 0 Å². The van der Waals surface area contributed by atoms with Crippen molar-refractivity contribution in [3.05, 3.63) is 29.1 Å². The maximum Gasteiger partial charge on any atom is 0.267 e. The molecule has 0 spiro atoms. The lowest BCUT2D eigenvalue weighted by molar-refractivity contribution is 0.0977. The van der Waals surface area contributed by atoms with E-state index in [1.807, 2.05) is 4.72 Å². The molecule has 2 unspecified atom stereocenters. The highest BCUT2D eigenvalue weighted by Gasteiger charge is 2.38. The van der Waals surface area contributed by atoms with Crippen molar-refractivity contribution in [1.82, 2.24) is 10.0 Å². The summed E-state index contributed by atoms with van der Waals surface area (Å²) in [5.41, 5.74) is 0.598. The molecule has 29 heavy (non-hydrogen) atoms. The fourth-order valence-electron chi connectivity index (χ4n) is 4.75. The molecule has 2 saturated heterocycles. The maximum absolute atomic E-state index is 14.7. The van der Waals surface area contributed by atoms with Gasteiger partial charge in [0, 0.05) is 18.2 Å². The Morgan fingerprint density at radius 3 is 2.41 bits per heavy atom. The molecule has 158 valence electrons. The molecule has 4 aliphatic rings. The van der Waals surface area contributed by atoms with Crippen LogP contribution in [0.15, 0.2) is 12.1 Å². The van der Waals surface area contributed by atoms with Gasteiger partial charge in [0.05, 0.1) is 17.4 Å². The zero-order valence-corrected chi connectivity index (χ0v) is 17.1. The second kappa shape index (κ2) is 7.23. The van der Waals surface area contributed by atoms with Gasteiger partial charge in [-0.05, 0) is 74.8 Å². The SMILES string of the molecule is O=C(NS(=O)(=O)C1CC1)c1cc(C2CC2)c(OCC2CC3CCC(C2)N3)cc1F. The number of amides is 1. The van der Waals surface area contributed by atoms with E-state index in [0.29, 0.717) is 43.2 Å². The third-order valence-corrected chi connectivity index (χ3v) is 8.42. The summed E-state index contributed by atoms with van der Waals surface area (Å²) in [6, 6.07) is 3.90. The third kappa shape index (κ3) is 4.14. The molecule has 2 heterocycles. The van der Waals surface area contributed by atoms with Gasteiger partial charge in [0.15, 0.2) is 0 Å². The van der Waals surface area contributed by atoms with Gasteiger partial charge in [-0.15, -0.1) is 0 Å². The molecular formula is C21H27FN2O4S. The highest BCUT2D eigenvalue weighted by molar-refractivity contribution is 7.91. The summed E-state index contributed by atoms with van der Waals surface area (Å²) >= 11 is 0. The smallest absolute Gasteiger partial charge is 0.267 e. The Hall–Kier alpha value is -1.67. The van der Waals surface area contributed by atoms with Gasteiger partial charge >= 0.3 is 0 Å². The quantitative estimate of drug-likeness (QED) is 0.706. The first-order valence-electron chi connectivity index (χ1n) is 10.7. The van der Waals surface area contributed by atoms with E-state index in [9.17, 15) is 17.6 Å². The molecule has 2 aliphatic carbocycles. The van der Waals surface area contributed by atoms with Gasteiger partial charge in [0.1, 0.15) is 11.6 Å². The van der Waals surface area contributed by atoms with E-state index in [0.717, 1.165) is 31.2 Å². The maximum atomic E-state index is 14.7. The van der Waals surface area contributed by atoms with Crippen LogP contribution in [0.5, 0.6) is 5.75 Å². The van der Waals surface area contributed by atoms with Crippen LogP contribution in [0.1, 0.15) is 73.2 Å². The van der Waals surface area contributed by atoms with E-state index < -0.39 is 27.0 Å². The number of ether oxygens (including phenoxy) is 1. The lowest BCUT2D eigenvalue weighted by Crippen LogP contribution is -2.39. The molecular weight excluding hydrogens is 395 g/mol. The summed E-state index contributed by atoms with van der Waals surface area (Å²) in [6.45, 7) is 0.551. The number of nitrogens with one attached hydrogen (secondary N) is 2. The molecule has 5 rings (SSSR count). The van der Waals surface area contributed by atoms with Crippen LogP contribution in [0.25, 0.3) is 0 Å². The third-order valence-electron chi connectivity index (χ3n) is 6.60. The molecule has 1 amide bonds. The number of fused-ring (bicyclic) bond motifs is 2. The van der Waals surface area contributed by atoms with Crippen LogP contribution in [0.3, 0.4) is 0 Å². The number of sulfonamides is 1. The van der Waals surface area contributed by atoms with Crippen molar-refractivity contribution in [1.29, 1.82) is 0 Å². The van der Waals surface area contributed by atoms with E-state index in [1.165, 1.54) is 25.0 Å². The van der Waals surface area contributed by atoms with Crippen LogP contribution >= 0.6 is 0 Å². The Bertz CT molecular complexity index is 915. The second-order valence-electron chi connectivity index (χ2n) is 9.11. The van der Waals surface area contributed by atoms with Crippen LogP contribution in [-0.4, -0.2) is 38.3 Å². The predicted octanol–water partition coefficient (Wildman–Crippen LogP) is 2.83. The van der Waals surface area contributed by atoms with E-state index in [2.05, 4.69) is 5.32 Å². The fourth-order valence-corrected chi connectivity index (χ4v) is 6.04. The van der Waals surface area contributed by atoms with Gasteiger partial charge in [-0.2, -0.15) is 0 Å². The van der Waals surface area contributed by atoms with Gasteiger partial charge in [-0.25, -0.2) is 17.5 Å². The van der Waals surface area contributed by atoms with Gasteiger partial charge in [-0.1, -0.05) is 0 Å². The number of rotatable bonds is 7. The molecule has 2 saturated carbocycles. The lowest BCUT2D eigenvalue weighted by Gasteiger charge is -2.29. The van der Waals surface area contributed by atoms with Crippen LogP contribution < -0.4 is 14.8 Å². The molecule has 8 heteroatoms. The predicted molar refractivity (Wildman–Crippen MR) is 106 cm³/mol. The molecule has 2 aliphatic heterocycles. The Kier molecular flexibility index (Phi) is 4.81. The Balaban J connectivity index is 1.32. The molecule has 2 bridgehead atoms. The Labute approximate surface area is 170 Å². The zero-order valence-electron chi connectivity index (χ0n) is 16.3. The molecule has 2 atom stereocenters. The summed E-state index contributed by atoms with van der Waals surface area (Å²) < 4.78 is 46.9. The molecule has 2 N–H and O–H groups in total. The minimum atomic E-state index is -3.71. The van der Waals surface area contributed by atoms with Crippen LogP contribution in [0.4, 0.5) is 4.39 Å². The Morgan fingerprint density at radius 1 is 1.10 bits per heavy atom. The molecule has 4 fully saturated rings. The van der Waals surface area contributed by atoms with Gasteiger partial charge in [0.25, 0.3) is 5.91 Å². The Morgan fingerprint density at radius 2 is 1.79 bits per heavy atom. The first-order valence-corrected chi connectivity index (χ1v) is 12.2. The number of carbonyl (C=O) groups is 1. The summed E-state index contributed by atoms with van der Waals surface area (Å²) in [6.07, 6.45) is 7.64. The minimum Gasteiger partial charge on any atom is -0.493 e. The second-order valence-corrected chi connectivity index (χ2v) is 11.1. The molecule has 1 aromatic carbocycles. The highest BCUT2D eigenvalue weighted by Crippen LogP contribution is 2.45. The van der Waals surface area contributed by atoms with Crippen LogP contribution in [0, 0.1) is 11.7 Å². The topological polar surface area (TPSA) is 84.5 Å². The summed E-state index contributed by atoms with van der Waals surface area (Å²) in [4.78, 5) is 12.4. The van der Waals surface area contributed by atoms with Crippen LogP contribution in [-0.2, 0) is 10.0 Å². The van der Waals surface area contributed by atoms with Crippen molar-refractivity contribution < 1.29 is 22.3 Å².